The lowest BCUT2D eigenvalue weighted by molar-refractivity contribution is -0.388. The van der Waals surface area contributed by atoms with Crippen molar-refractivity contribution >= 4 is 5.69 Å². The van der Waals surface area contributed by atoms with E-state index in [0.29, 0.717) is 0 Å². The first-order valence-corrected chi connectivity index (χ1v) is 4.34. The first-order chi connectivity index (χ1) is 7.75. The van der Waals surface area contributed by atoms with Crippen LogP contribution in [0, 0.1) is 17.0 Å². The summed E-state index contributed by atoms with van der Waals surface area (Å²) in [5.41, 5.74) is -0.717. The molecule has 0 aliphatic carbocycles. The topological polar surface area (TPSA) is 52.4 Å². The molecule has 0 aliphatic rings. The van der Waals surface area contributed by atoms with E-state index in [1.54, 1.807) is 0 Å². The minimum Gasteiger partial charge on any atom is -0.421 e. The van der Waals surface area contributed by atoms with Gasteiger partial charge in [-0.15, -0.1) is 0 Å². The quantitative estimate of drug-likeness (QED) is 0.470. The fourth-order valence-electron chi connectivity index (χ4n) is 1.14. The van der Waals surface area contributed by atoms with E-state index in [4.69, 9.17) is 0 Å². The average Bonchev–Trinajstić information content (AvgIpc) is 2.15. The molecule has 0 aromatic heterocycles. The van der Waals surface area contributed by atoms with Crippen molar-refractivity contribution < 1.29 is 27.2 Å². The predicted molar refractivity (Wildman–Crippen MR) is 49.4 cm³/mol. The second-order valence-electron chi connectivity index (χ2n) is 3.14. The SMILES string of the molecule is Cc1cccc(OC(F)(F)C(F)F)c1[N+](=O)[O-]. The maximum Gasteiger partial charge on any atom is 0.461 e. The van der Waals surface area contributed by atoms with E-state index in [0.717, 1.165) is 6.07 Å². The van der Waals surface area contributed by atoms with Crippen molar-refractivity contribution in [2.75, 3.05) is 0 Å². The van der Waals surface area contributed by atoms with Gasteiger partial charge in [0.15, 0.2) is 0 Å². The first-order valence-electron chi connectivity index (χ1n) is 4.34. The van der Waals surface area contributed by atoms with Crippen LogP contribution in [0.1, 0.15) is 5.56 Å². The van der Waals surface area contributed by atoms with Crippen LogP contribution in [0.2, 0.25) is 0 Å². The third-order valence-corrected chi connectivity index (χ3v) is 1.88. The Morgan fingerprint density at radius 1 is 1.41 bits per heavy atom. The summed E-state index contributed by atoms with van der Waals surface area (Å²) in [7, 11) is 0. The Labute approximate surface area is 93.0 Å². The summed E-state index contributed by atoms with van der Waals surface area (Å²) in [6.07, 6.45) is -8.83. The van der Waals surface area contributed by atoms with E-state index in [1.807, 2.05) is 0 Å². The molecule has 0 heterocycles. The highest BCUT2D eigenvalue weighted by Gasteiger charge is 2.45. The number of nitro groups is 1. The number of halogens is 4. The fraction of sp³-hybridized carbons (Fsp3) is 0.333. The minimum absolute atomic E-state index is 0.0394. The number of rotatable bonds is 4. The number of ether oxygens (including phenoxy) is 1. The van der Waals surface area contributed by atoms with E-state index in [1.165, 1.54) is 19.1 Å². The van der Waals surface area contributed by atoms with Crippen LogP contribution in [0.15, 0.2) is 18.2 Å². The van der Waals surface area contributed by atoms with Gasteiger partial charge in [-0.1, -0.05) is 12.1 Å². The number of hydrogen-bond donors (Lipinski definition) is 0. The maximum absolute atomic E-state index is 12.6. The van der Waals surface area contributed by atoms with E-state index in [2.05, 4.69) is 4.74 Å². The zero-order valence-corrected chi connectivity index (χ0v) is 8.49. The van der Waals surface area contributed by atoms with Crippen molar-refractivity contribution in [3.05, 3.63) is 33.9 Å². The lowest BCUT2D eigenvalue weighted by Crippen LogP contribution is -2.33. The van der Waals surface area contributed by atoms with Gasteiger partial charge in [-0.05, 0) is 13.0 Å². The number of nitrogens with zero attached hydrogens (tertiary/aromatic N) is 1. The normalized spacial score (nSPS) is 11.6. The molecule has 0 amide bonds. The molecule has 0 atom stereocenters. The van der Waals surface area contributed by atoms with Crippen molar-refractivity contribution in [3.63, 3.8) is 0 Å². The number of aryl methyl sites for hydroxylation is 1. The van der Waals surface area contributed by atoms with E-state index < -0.39 is 28.9 Å². The Kier molecular flexibility index (Phi) is 3.54. The summed E-state index contributed by atoms with van der Waals surface area (Å²) in [4.78, 5) is 9.63. The van der Waals surface area contributed by atoms with Crippen LogP contribution in [0.5, 0.6) is 5.75 Å². The van der Waals surface area contributed by atoms with Crippen LogP contribution in [-0.4, -0.2) is 17.5 Å². The molecule has 1 aromatic carbocycles. The molecule has 0 N–H and O–H groups in total. The summed E-state index contributed by atoms with van der Waals surface area (Å²) in [6.45, 7) is 1.28. The zero-order valence-electron chi connectivity index (χ0n) is 8.49. The molecular formula is C9H7F4NO3. The molecular weight excluding hydrogens is 246 g/mol. The van der Waals surface area contributed by atoms with Crippen LogP contribution in [-0.2, 0) is 0 Å². The van der Waals surface area contributed by atoms with Crippen molar-refractivity contribution in [2.24, 2.45) is 0 Å². The van der Waals surface area contributed by atoms with Gasteiger partial charge in [0.05, 0.1) is 4.92 Å². The smallest absolute Gasteiger partial charge is 0.421 e. The number of alkyl halides is 4. The summed E-state index contributed by atoms with van der Waals surface area (Å²) in [6, 6.07) is 3.31. The summed E-state index contributed by atoms with van der Waals surface area (Å²) < 4.78 is 52.7. The first kappa shape index (κ1) is 13.2. The molecule has 1 rings (SSSR count). The predicted octanol–water partition coefficient (Wildman–Crippen LogP) is 3.14. The molecule has 1 aromatic rings. The van der Waals surface area contributed by atoms with Gasteiger partial charge in [0.2, 0.25) is 5.75 Å². The highest BCUT2D eigenvalue weighted by molar-refractivity contribution is 5.52. The van der Waals surface area contributed by atoms with Gasteiger partial charge in [0, 0.05) is 5.56 Å². The Morgan fingerprint density at radius 3 is 2.47 bits per heavy atom. The lowest BCUT2D eigenvalue weighted by Gasteiger charge is -2.16. The third kappa shape index (κ3) is 2.83. The molecule has 0 spiro atoms. The Bertz CT molecular complexity index is 436. The Balaban J connectivity index is 3.15. The van der Waals surface area contributed by atoms with Crippen LogP contribution in [0.3, 0.4) is 0 Å². The van der Waals surface area contributed by atoms with Gasteiger partial charge >= 0.3 is 18.2 Å². The van der Waals surface area contributed by atoms with Crippen LogP contribution in [0.25, 0.3) is 0 Å². The number of hydrogen-bond acceptors (Lipinski definition) is 3. The van der Waals surface area contributed by atoms with Crippen molar-refractivity contribution in [2.45, 2.75) is 19.5 Å². The zero-order chi connectivity index (χ0) is 13.2. The standard InChI is InChI=1S/C9H7F4NO3/c1-5-3-2-4-6(7(5)14(15)16)17-9(12,13)8(10)11/h2-4,8H,1H3. The number of nitro benzene ring substituents is 1. The summed E-state index contributed by atoms with van der Waals surface area (Å²) in [5, 5.41) is 10.6. The molecule has 94 valence electrons. The van der Waals surface area contributed by atoms with E-state index >= 15 is 0 Å². The van der Waals surface area contributed by atoms with Crippen molar-refractivity contribution in [1.29, 1.82) is 0 Å². The van der Waals surface area contributed by atoms with Gasteiger partial charge in [0.1, 0.15) is 0 Å². The number of benzene rings is 1. The summed E-state index contributed by atoms with van der Waals surface area (Å²) >= 11 is 0. The molecule has 17 heavy (non-hydrogen) atoms. The maximum atomic E-state index is 12.6. The Morgan fingerprint density at radius 2 is 2.00 bits per heavy atom. The van der Waals surface area contributed by atoms with E-state index in [9.17, 15) is 27.7 Å². The average molecular weight is 253 g/mol. The second kappa shape index (κ2) is 4.56. The molecule has 0 unspecified atom stereocenters. The molecule has 0 saturated carbocycles. The van der Waals surface area contributed by atoms with Gasteiger partial charge in [0.25, 0.3) is 0 Å². The molecule has 0 bridgehead atoms. The number of para-hydroxylation sites is 1. The summed E-state index contributed by atoms with van der Waals surface area (Å²) in [5.74, 6) is -0.889. The molecule has 0 saturated heterocycles. The molecule has 0 fully saturated rings. The van der Waals surface area contributed by atoms with Gasteiger partial charge in [-0.3, -0.25) is 10.1 Å². The monoisotopic (exact) mass is 253 g/mol. The van der Waals surface area contributed by atoms with Crippen LogP contribution < -0.4 is 4.74 Å². The van der Waals surface area contributed by atoms with Gasteiger partial charge in [-0.2, -0.15) is 17.6 Å². The van der Waals surface area contributed by atoms with Crippen LogP contribution >= 0.6 is 0 Å². The van der Waals surface area contributed by atoms with Gasteiger partial charge < -0.3 is 4.74 Å². The Hall–Kier alpha value is -1.86. The largest absolute Gasteiger partial charge is 0.461 e. The van der Waals surface area contributed by atoms with E-state index in [-0.39, 0.29) is 5.56 Å². The highest BCUT2D eigenvalue weighted by Crippen LogP contribution is 2.35. The van der Waals surface area contributed by atoms with Crippen molar-refractivity contribution in [1.82, 2.24) is 0 Å². The second-order valence-corrected chi connectivity index (χ2v) is 3.14. The van der Waals surface area contributed by atoms with Crippen LogP contribution in [0.4, 0.5) is 23.2 Å². The van der Waals surface area contributed by atoms with Crippen molar-refractivity contribution in [3.8, 4) is 5.75 Å². The fourth-order valence-corrected chi connectivity index (χ4v) is 1.14. The third-order valence-electron chi connectivity index (χ3n) is 1.88. The molecule has 0 aliphatic heterocycles. The molecule has 8 heteroatoms. The lowest BCUT2D eigenvalue weighted by atomic mass is 10.2. The minimum atomic E-state index is -4.77. The highest BCUT2D eigenvalue weighted by atomic mass is 19.3. The molecule has 4 nitrogen and oxygen atoms in total. The molecule has 0 radical (unpaired) electrons. The van der Waals surface area contributed by atoms with Gasteiger partial charge in [-0.25, -0.2) is 0 Å².